The molecule has 31 heavy (non-hydrogen) atoms. The van der Waals surface area contributed by atoms with Crippen LogP contribution in [0.1, 0.15) is 36.0 Å². The van der Waals surface area contributed by atoms with Crippen LogP contribution in [0.2, 0.25) is 0 Å². The van der Waals surface area contributed by atoms with Crippen molar-refractivity contribution in [1.82, 2.24) is 35.1 Å². The summed E-state index contributed by atoms with van der Waals surface area (Å²) in [5, 5.41) is 10.7. The fourth-order valence-corrected chi connectivity index (χ4v) is 4.24. The molecule has 2 aromatic heterocycles. The number of benzene rings is 2. The summed E-state index contributed by atoms with van der Waals surface area (Å²) in [5.74, 6) is 1.55. The number of nitrogens with one attached hydrogen (secondary N) is 1. The Labute approximate surface area is 180 Å². The van der Waals surface area contributed by atoms with Crippen LogP contribution >= 0.6 is 0 Å². The smallest absolute Gasteiger partial charge is 0.244 e. The van der Waals surface area contributed by atoms with E-state index in [0.29, 0.717) is 17.5 Å². The van der Waals surface area contributed by atoms with E-state index in [1.165, 1.54) is 17.5 Å². The van der Waals surface area contributed by atoms with E-state index in [9.17, 15) is 0 Å². The predicted molar refractivity (Wildman–Crippen MR) is 116 cm³/mol. The van der Waals surface area contributed by atoms with Crippen LogP contribution < -0.4 is 0 Å². The number of hydrogen-bond donors (Lipinski definition) is 1. The highest BCUT2D eigenvalue weighted by molar-refractivity contribution is 5.39. The normalized spacial score (nSPS) is 16.6. The Morgan fingerprint density at radius 1 is 0.871 bits per heavy atom. The number of nitrogens with zero attached hydrogens (tertiary/aromatic N) is 6. The molecule has 1 N–H and O–H groups in total. The molecular formula is C23H25N7O. The summed E-state index contributed by atoms with van der Waals surface area (Å²) in [5.41, 5.74) is 2.65. The summed E-state index contributed by atoms with van der Waals surface area (Å²) in [6.45, 7) is 5.89. The lowest BCUT2D eigenvalue weighted by Crippen LogP contribution is -2.48. The van der Waals surface area contributed by atoms with Gasteiger partial charge in [0.05, 0.1) is 12.1 Å². The van der Waals surface area contributed by atoms with Gasteiger partial charge in [-0.05, 0) is 18.1 Å². The average Bonchev–Trinajstić information content (AvgIpc) is 3.53. The zero-order valence-electron chi connectivity index (χ0n) is 17.4. The molecule has 4 aromatic rings. The molecule has 0 radical (unpaired) electrons. The van der Waals surface area contributed by atoms with Crippen LogP contribution in [0.5, 0.6) is 0 Å². The first-order valence-corrected chi connectivity index (χ1v) is 10.6. The lowest BCUT2D eigenvalue weighted by molar-refractivity contribution is 0.0726. The first kappa shape index (κ1) is 19.6. The zero-order chi connectivity index (χ0) is 21.0. The average molecular weight is 416 g/mol. The summed E-state index contributed by atoms with van der Waals surface area (Å²) >= 11 is 0. The van der Waals surface area contributed by atoms with Crippen LogP contribution in [0, 0.1) is 0 Å². The largest absolute Gasteiger partial charge is 0.337 e. The quantitative estimate of drug-likeness (QED) is 0.517. The summed E-state index contributed by atoms with van der Waals surface area (Å²) in [7, 11) is 0. The summed E-state index contributed by atoms with van der Waals surface area (Å²) in [6.07, 6.45) is 1.43. The van der Waals surface area contributed by atoms with Crippen LogP contribution in [0.15, 0.2) is 71.5 Å². The zero-order valence-corrected chi connectivity index (χ0v) is 17.4. The Bertz CT molecular complexity index is 1030. The fraction of sp³-hybridized carbons (Fsp3) is 0.304. The Morgan fingerprint density at radius 3 is 2.06 bits per heavy atom. The second-order valence-electron chi connectivity index (χ2n) is 7.76. The Kier molecular flexibility index (Phi) is 5.56. The van der Waals surface area contributed by atoms with Crippen LogP contribution in [-0.2, 0) is 0 Å². The maximum absolute atomic E-state index is 5.51. The molecule has 0 spiro atoms. The van der Waals surface area contributed by atoms with Gasteiger partial charge in [-0.25, -0.2) is 4.98 Å². The van der Waals surface area contributed by atoms with Crippen LogP contribution in [0.25, 0.3) is 11.6 Å². The molecule has 158 valence electrons. The molecule has 0 amide bonds. The van der Waals surface area contributed by atoms with Gasteiger partial charge in [-0.15, -0.1) is 0 Å². The van der Waals surface area contributed by atoms with Gasteiger partial charge in [-0.1, -0.05) is 65.8 Å². The number of H-pyrrole nitrogens is 1. The van der Waals surface area contributed by atoms with Crippen molar-refractivity contribution in [3.05, 3.63) is 84.0 Å². The van der Waals surface area contributed by atoms with E-state index < -0.39 is 0 Å². The lowest BCUT2D eigenvalue weighted by Gasteiger charge is -2.41. The maximum Gasteiger partial charge on any atom is 0.244 e. The predicted octanol–water partition coefficient (Wildman–Crippen LogP) is 3.32. The van der Waals surface area contributed by atoms with Crippen molar-refractivity contribution in [2.45, 2.75) is 19.0 Å². The minimum absolute atomic E-state index is 0.0400. The van der Waals surface area contributed by atoms with Crippen LogP contribution in [-0.4, -0.2) is 61.3 Å². The van der Waals surface area contributed by atoms with Crippen LogP contribution in [0.3, 0.4) is 0 Å². The van der Waals surface area contributed by atoms with Gasteiger partial charge in [-0.2, -0.15) is 10.1 Å². The molecule has 0 bridgehead atoms. The molecule has 1 aliphatic heterocycles. The third-order valence-electron chi connectivity index (χ3n) is 5.92. The van der Waals surface area contributed by atoms with Gasteiger partial charge >= 0.3 is 0 Å². The van der Waals surface area contributed by atoms with E-state index in [1.807, 2.05) is 0 Å². The Hall–Kier alpha value is -3.36. The molecular weight excluding hydrogens is 390 g/mol. The van der Waals surface area contributed by atoms with Crippen molar-refractivity contribution in [1.29, 1.82) is 0 Å². The van der Waals surface area contributed by atoms with Crippen molar-refractivity contribution < 1.29 is 4.52 Å². The molecule has 1 fully saturated rings. The molecule has 3 heterocycles. The molecule has 0 aliphatic carbocycles. The molecule has 5 rings (SSSR count). The standard InChI is InChI=1S/C23H25N7O/c1-17(23-26-22(28-31-23)21-24-16-25-27-21)29-12-14-30(15-13-29)20(18-8-4-2-5-9-18)19-10-6-3-7-11-19/h2-11,16-17,20H,12-15H2,1H3,(H,24,25,27)/t17-/m0/s1. The first-order valence-electron chi connectivity index (χ1n) is 10.6. The fourth-order valence-electron chi connectivity index (χ4n) is 4.24. The summed E-state index contributed by atoms with van der Waals surface area (Å²) in [4.78, 5) is 13.5. The molecule has 0 unspecified atom stereocenters. The number of aromatic nitrogens is 5. The topological polar surface area (TPSA) is 87.0 Å². The third kappa shape index (κ3) is 4.12. The minimum atomic E-state index is 0.0400. The lowest BCUT2D eigenvalue weighted by atomic mass is 9.96. The van der Waals surface area contributed by atoms with Crippen molar-refractivity contribution >= 4 is 0 Å². The van der Waals surface area contributed by atoms with E-state index in [1.54, 1.807) is 0 Å². The van der Waals surface area contributed by atoms with Crippen molar-refractivity contribution in [2.24, 2.45) is 0 Å². The third-order valence-corrected chi connectivity index (χ3v) is 5.92. The maximum atomic E-state index is 5.51. The molecule has 1 atom stereocenters. The van der Waals surface area contributed by atoms with E-state index >= 15 is 0 Å². The van der Waals surface area contributed by atoms with Gasteiger partial charge < -0.3 is 4.52 Å². The van der Waals surface area contributed by atoms with Gasteiger partial charge in [0.15, 0.2) is 5.82 Å². The Morgan fingerprint density at radius 2 is 1.48 bits per heavy atom. The second kappa shape index (κ2) is 8.79. The molecule has 0 saturated carbocycles. The van der Waals surface area contributed by atoms with Gasteiger partial charge in [0.1, 0.15) is 6.33 Å². The van der Waals surface area contributed by atoms with Gasteiger partial charge in [0.25, 0.3) is 0 Å². The number of rotatable bonds is 6. The molecule has 2 aromatic carbocycles. The van der Waals surface area contributed by atoms with Gasteiger partial charge in [0.2, 0.25) is 11.7 Å². The number of piperazine rings is 1. The highest BCUT2D eigenvalue weighted by Crippen LogP contribution is 2.31. The molecule has 1 aliphatic rings. The first-order chi connectivity index (χ1) is 15.3. The number of aromatic amines is 1. The van der Waals surface area contributed by atoms with Crippen molar-refractivity contribution in [3.8, 4) is 11.6 Å². The van der Waals surface area contributed by atoms with Gasteiger partial charge in [-0.3, -0.25) is 14.9 Å². The minimum Gasteiger partial charge on any atom is -0.337 e. The SMILES string of the molecule is C[C@@H](c1nc(-c2ncn[nH]2)no1)N1CCN(C(c2ccccc2)c2ccccc2)CC1. The van der Waals surface area contributed by atoms with Crippen molar-refractivity contribution in [2.75, 3.05) is 26.2 Å². The summed E-state index contributed by atoms with van der Waals surface area (Å²) in [6, 6.07) is 21.8. The highest BCUT2D eigenvalue weighted by atomic mass is 16.5. The Balaban J connectivity index is 1.29. The highest BCUT2D eigenvalue weighted by Gasteiger charge is 2.30. The van der Waals surface area contributed by atoms with Crippen LogP contribution in [0.4, 0.5) is 0 Å². The van der Waals surface area contributed by atoms with Crippen molar-refractivity contribution in [3.63, 3.8) is 0 Å². The van der Waals surface area contributed by atoms with Gasteiger partial charge in [0, 0.05) is 26.2 Å². The molecule has 1 saturated heterocycles. The van der Waals surface area contributed by atoms with E-state index in [4.69, 9.17) is 4.52 Å². The second-order valence-corrected chi connectivity index (χ2v) is 7.76. The van der Waals surface area contributed by atoms with E-state index in [2.05, 4.69) is 103 Å². The van der Waals surface area contributed by atoms with E-state index in [-0.39, 0.29) is 12.1 Å². The number of hydrogen-bond acceptors (Lipinski definition) is 7. The molecule has 8 heteroatoms. The summed E-state index contributed by atoms with van der Waals surface area (Å²) < 4.78 is 5.51. The molecule has 8 nitrogen and oxygen atoms in total. The monoisotopic (exact) mass is 415 g/mol. The van der Waals surface area contributed by atoms with E-state index in [0.717, 1.165) is 26.2 Å².